The first-order valence-corrected chi connectivity index (χ1v) is 9.34. The van der Waals surface area contributed by atoms with Gasteiger partial charge < -0.3 is 15.5 Å². The maximum atomic E-state index is 12.3. The van der Waals surface area contributed by atoms with Crippen LogP contribution in [-0.2, 0) is 4.79 Å². The summed E-state index contributed by atoms with van der Waals surface area (Å²) in [6.07, 6.45) is 3.68. The maximum Gasteiger partial charge on any atom is 0.319 e. The molecule has 2 aliphatic rings. The second-order valence-corrected chi connectivity index (χ2v) is 7.20. The van der Waals surface area contributed by atoms with Crippen LogP contribution in [0.2, 0.25) is 0 Å². The Kier molecular flexibility index (Phi) is 4.74. The SMILES string of the molecule is C[C@@H](CN1CCCC1=O)NC(=O)Nc1cccc(-c2nnnn2C2CC2)c1. The number of anilines is 1. The van der Waals surface area contributed by atoms with Gasteiger partial charge in [0.1, 0.15) is 0 Å². The molecule has 3 amide bonds. The van der Waals surface area contributed by atoms with Crippen LogP contribution in [0.3, 0.4) is 0 Å². The van der Waals surface area contributed by atoms with E-state index in [1.165, 1.54) is 0 Å². The van der Waals surface area contributed by atoms with Gasteiger partial charge in [-0.15, -0.1) is 5.10 Å². The monoisotopic (exact) mass is 369 g/mol. The van der Waals surface area contributed by atoms with Crippen LogP contribution in [0.5, 0.6) is 0 Å². The fraction of sp³-hybridized carbons (Fsp3) is 0.500. The molecule has 2 aromatic rings. The van der Waals surface area contributed by atoms with Gasteiger partial charge in [-0.25, -0.2) is 9.48 Å². The van der Waals surface area contributed by atoms with Crippen molar-refractivity contribution in [2.24, 2.45) is 0 Å². The number of hydrogen-bond donors (Lipinski definition) is 2. The Morgan fingerprint density at radius 1 is 1.37 bits per heavy atom. The lowest BCUT2D eigenvalue weighted by Gasteiger charge is -2.21. The van der Waals surface area contributed by atoms with Crippen LogP contribution in [0.1, 0.15) is 38.6 Å². The van der Waals surface area contributed by atoms with Crippen molar-refractivity contribution >= 4 is 17.6 Å². The van der Waals surface area contributed by atoms with E-state index in [1.54, 1.807) is 4.90 Å². The van der Waals surface area contributed by atoms with Crippen LogP contribution < -0.4 is 10.6 Å². The summed E-state index contributed by atoms with van der Waals surface area (Å²) in [5.41, 5.74) is 1.53. The number of nitrogens with zero attached hydrogens (tertiary/aromatic N) is 5. The highest BCUT2D eigenvalue weighted by atomic mass is 16.2. The van der Waals surface area contributed by atoms with E-state index in [4.69, 9.17) is 0 Å². The predicted molar refractivity (Wildman–Crippen MR) is 99.0 cm³/mol. The van der Waals surface area contributed by atoms with E-state index in [0.717, 1.165) is 31.4 Å². The van der Waals surface area contributed by atoms with Crippen molar-refractivity contribution in [1.82, 2.24) is 30.4 Å². The summed E-state index contributed by atoms with van der Waals surface area (Å²) >= 11 is 0. The first kappa shape index (κ1) is 17.4. The molecular weight excluding hydrogens is 346 g/mol. The van der Waals surface area contributed by atoms with Crippen molar-refractivity contribution in [2.75, 3.05) is 18.4 Å². The average molecular weight is 369 g/mol. The van der Waals surface area contributed by atoms with E-state index in [1.807, 2.05) is 35.9 Å². The molecule has 4 rings (SSSR count). The van der Waals surface area contributed by atoms with E-state index >= 15 is 0 Å². The number of carbonyl (C=O) groups is 2. The highest BCUT2D eigenvalue weighted by molar-refractivity contribution is 5.90. The van der Waals surface area contributed by atoms with Gasteiger partial charge in [0, 0.05) is 36.8 Å². The molecule has 2 heterocycles. The minimum atomic E-state index is -0.298. The lowest BCUT2D eigenvalue weighted by molar-refractivity contribution is -0.127. The Morgan fingerprint density at radius 3 is 2.96 bits per heavy atom. The molecule has 9 heteroatoms. The maximum absolute atomic E-state index is 12.3. The number of urea groups is 1. The smallest absolute Gasteiger partial charge is 0.319 e. The van der Waals surface area contributed by atoms with Gasteiger partial charge in [-0.3, -0.25) is 4.79 Å². The lowest BCUT2D eigenvalue weighted by Crippen LogP contribution is -2.44. The average Bonchev–Trinajstić information content (AvgIpc) is 3.23. The first-order chi connectivity index (χ1) is 13.1. The Morgan fingerprint density at radius 2 is 2.22 bits per heavy atom. The van der Waals surface area contributed by atoms with Gasteiger partial charge in [0.15, 0.2) is 5.82 Å². The molecule has 1 saturated carbocycles. The molecule has 2 N–H and O–H groups in total. The molecule has 0 bridgehead atoms. The number of nitrogens with one attached hydrogen (secondary N) is 2. The number of aromatic nitrogens is 4. The van der Waals surface area contributed by atoms with Crippen LogP contribution in [-0.4, -0.2) is 56.2 Å². The Hall–Kier alpha value is -2.97. The summed E-state index contributed by atoms with van der Waals surface area (Å²) in [7, 11) is 0. The number of tetrazole rings is 1. The van der Waals surface area contributed by atoms with Gasteiger partial charge in [0.2, 0.25) is 5.91 Å². The minimum Gasteiger partial charge on any atom is -0.341 e. The molecule has 0 unspecified atom stereocenters. The molecule has 1 atom stereocenters. The highest BCUT2D eigenvalue weighted by Crippen LogP contribution is 2.36. The van der Waals surface area contributed by atoms with Crippen molar-refractivity contribution in [1.29, 1.82) is 0 Å². The number of rotatable bonds is 6. The topological polar surface area (TPSA) is 105 Å². The third-order valence-corrected chi connectivity index (χ3v) is 4.81. The second-order valence-electron chi connectivity index (χ2n) is 7.20. The van der Waals surface area contributed by atoms with Crippen molar-refractivity contribution < 1.29 is 9.59 Å². The standard InChI is InChI=1S/C18H23N7O2/c1-12(11-24-9-3-6-16(24)26)19-18(27)20-14-5-2-4-13(10-14)17-21-22-23-25(17)15-7-8-15/h2,4-5,10,12,15H,3,6-9,11H2,1H3,(H2,19,20,27)/t12-/m0/s1. The van der Waals surface area contributed by atoms with Gasteiger partial charge in [-0.1, -0.05) is 12.1 Å². The van der Waals surface area contributed by atoms with E-state index < -0.39 is 0 Å². The number of hydrogen-bond acceptors (Lipinski definition) is 5. The summed E-state index contributed by atoms with van der Waals surface area (Å²) in [5, 5.41) is 17.7. The molecule has 1 aromatic carbocycles. The quantitative estimate of drug-likeness (QED) is 0.808. The van der Waals surface area contributed by atoms with Crippen molar-refractivity contribution in [3.05, 3.63) is 24.3 Å². The van der Waals surface area contributed by atoms with E-state index in [0.29, 0.717) is 30.5 Å². The minimum absolute atomic E-state index is 0.127. The zero-order valence-electron chi connectivity index (χ0n) is 15.3. The molecule has 0 spiro atoms. The van der Waals surface area contributed by atoms with E-state index in [2.05, 4.69) is 26.2 Å². The highest BCUT2D eigenvalue weighted by Gasteiger charge is 2.28. The second kappa shape index (κ2) is 7.34. The number of amides is 3. The van der Waals surface area contributed by atoms with Gasteiger partial charge in [0.05, 0.1) is 6.04 Å². The summed E-state index contributed by atoms with van der Waals surface area (Å²) in [6.45, 7) is 3.19. The molecule has 142 valence electrons. The molecule has 1 aliphatic heterocycles. The fourth-order valence-electron chi connectivity index (χ4n) is 3.35. The summed E-state index contributed by atoms with van der Waals surface area (Å²) in [4.78, 5) is 25.8. The molecule has 27 heavy (non-hydrogen) atoms. The Balaban J connectivity index is 1.37. The molecule has 1 aromatic heterocycles. The van der Waals surface area contributed by atoms with Gasteiger partial charge >= 0.3 is 6.03 Å². The van der Waals surface area contributed by atoms with Gasteiger partial charge in [-0.05, 0) is 48.7 Å². The van der Waals surface area contributed by atoms with Crippen LogP contribution in [0.25, 0.3) is 11.4 Å². The molecule has 9 nitrogen and oxygen atoms in total. The van der Waals surface area contributed by atoms with Gasteiger partial charge in [0.25, 0.3) is 0 Å². The molecule has 2 fully saturated rings. The third kappa shape index (κ3) is 4.07. The normalized spacial score (nSPS) is 17.8. The Labute approximate surface area is 157 Å². The van der Waals surface area contributed by atoms with Crippen LogP contribution >= 0.6 is 0 Å². The van der Waals surface area contributed by atoms with Crippen LogP contribution in [0.4, 0.5) is 10.5 Å². The number of benzene rings is 1. The molecule has 0 radical (unpaired) electrons. The molecular formula is C18H23N7O2. The lowest BCUT2D eigenvalue weighted by atomic mass is 10.2. The van der Waals surface area contributed by atoms with E-state index in [-0.39, 0.29) is 18.0 Å². The van der Waals surface area contributed by atoms with Crippen molar-refractivity contribution in [2.45, 2.75) is 44.7 Å². The van der Waals surface area contributed by atoms with Gasteiger partial charge in [-0.2, -0.15) is 0 Å². The molecule has 1 saturated heterocycles. The third-order valence-electron chi connectivity index (χ3n) is 4.81. The first-order valence-electron chi connectivity index (χ1n) is 9.34. The van der Waals surface area contributed by atoms with Crippen molar-refractivity contribution in [3.63, 3.8) is 0 Å². The predicted octanol–water partition coefficient (Wildman–Crippen LogP) is 1.81. The zero-order chi connectivity index (χ0) is 18.8. The Bertz CT molecular complexity index is 846. The van der Waals surface area contributed by atoms with Crippen LogP contribution in [0, 0.1) is 0 Å². The fourth-order valence-corrected chi connectivity index (χ4v) is 3.35. The summed E-state index contributed by atoms with van der Waals surface area (Å²) in [5.74, 6) is 0.868. The van der Waals surface area contributed by atoms with Crippen LogP contribution in [0.15, 0.2) is 24.3 Å². The van der Waals surface area contributed by atoms with Crippen molar-refractivity contribution in [3.8, 4) is 11.4 Å². The summed E-state index contributed by atoms with van der Waals surface area (Å²) < 4.78 is 1.84. The van der Waals surface area contributed by atoms with E-state index in [9.17, 15) is 9.59 Å². The number of carbonyl (C=O) groups excluding carboxylic acids is 2. The number of likely N-dealkylation sites (tertiary alicyclic amines) is 1. The summed E-state index contributed by atoms with van der Waals surface area (Å²) in [6, 6.07) is 7.43. The largest absolute Gasteiger partial charge is 0.341 e. The molecule has 1 aliphatic carbocycles. The zero-order valence-corrected chi connectivity index (χ0v) is 15.3.